The first-order valence-electron chi connectivity index (χ1n) is 2.70. The number of halogens is 3. The smallest absolute Gasteiger partial charge is 0.138 e. The van der Waals surface area contributed by atoms with E-state index in [1.54, 1.807) is 0 Å². The second-order valence-electron chi connectivity index (χ2n) is 1.83. The minimum atomic E-state index is -0.426. The lowest BCUT2D eigenvalue weighted by molar-refractivity contribution is 0.620. The predicted molar refractivity (Wildman–Crippen MR) is 46.5 cm³/mol. The molecule has 0 N–H and O–H groups in total. The van der Waals surface area contributed by atoms with Crippen LogP contribution in [0.4, 0.5) is 4.39 Å². The summed E-state index contributed by atoms with van der Waals surface area (Å²) in [5.74, 6) is -0.426. The van der Waals surface area contributed by atoms with E-state index in [1.807, 2.05) is 6.07 Å². The Morgan fingerprint density at radius 3 is 2.45 bits per heavy atom. The number of hydrogen-bond acceptors (Lipinski definition) is 1. The number of nitrogens with zero attached hydrogens (tertiary/aromatic N) is 1. The van der Waals surface area contributed by atoms with Crippen molar-refractivity contribution in [2.75, 3.05) is 0 Å². The van der Waals surface area contributed by atoms with Crippen LogP contribution in [-0.2, 0) is 0 Å². The summed E-state index contributed by atoms with van der Waals surface area (Å²) in [4.78, 5) is 0. The maximum atomic E-state index is 12.7. The molecule has 0 aliphatic carbocycles. The highest BCUT2D eigenvalue weighted by molar-refractivity contribution is 9.11. The molecule has 1 aromatic carbocycles. The largest absolute Gasteiger partial charge is 0.206 e. The van der Waals surface area contributed by atoms with E-state index in [4.69, 9.17) is 5.26 Å². The fourth-order valence-corrected chi connectivity index (χ4v) is 1.75. The van der Waals surface area contributed by atoms with Crippen LogP contribution in [-0.4, -0.2) is 0 Å². The Morgan fingerprint density at radius 1 is 1.36 bits per heavy atom. The average molecular weight is 279 g/mol. The molecule has 1 rings (SSSR count). The molecule has 0 fully saturated rings. The van der Waals surface area contributed by atoms with Crippen molar-refractivity contribution in [3.63, 3.8) is 0 Å². The molecular formula is C7H2Br2FN. The first-order valence-corrected chi connectivity index (χ1v) is 4.29. The third-order valence-corrected chi connectivity index (χ3v) is 2.59. The molecular weight excluding hydrogens is 277 g/mol. The summed E-state index contributed by atoms with van der Waals surface area (Å²) < 4.78 is 13.5. The van der Waals surface area contributed by atoms with Crippen molar-refractivity contribution in [3.05, 3.63) is 32.5 Å². The lowest BCUT2D eigenvalue weighted by atomic mass is 10.2. The van der Waals surface area contributed by atoms with E-state index in [0.29, 0.717) is 4.47 Å². The highest BCUT2D eigenvalue weighted by Crippen LogP contribution is 2.26. The van der Waals surface area contributed by atoms with Crippen LogP contribution >= 0.6 is 31.9 Å². The maximum absolute atomic E-state index is 12.7. The molecule has 56 valence electrons. The van der Waals surface area contributed by atoms with Gasteiger partial charge in [0.1, 0.15) is 11.9 Å². The van der Waals surface area contributed by atoms with Crippen LogP contribution in [0.5, 0.6) is 0 Å². The van der Waals surface area contributed by atoms with Crippen LogP contribution in [0.1, 0.15) is 5.56 Å². The molecule has 4 heteroatoms. The molecule has 0 amide bonds. The quantitative estimate of drug-likeness (QED) is 0.669. The second-order valence-corrected chi connectivity index (χ2v) is 3.48. The summed E-state index contributed by atoms with van der Waals surface area (Å²) in [6.07, 6.45) is 0. The van der Waals surface area contributed by atoms with Crippen molar-refractivity contribution in [1.29, 1.82) is 5.26 Å². The molecule has 0 bridgehead atoms. The van der Waals surface area contributed by atoms with Gasteiger partial charge in [0, 0.05) is 4.47 Å². The van der Waals surface area contributed by atoms with Gasteiger partial charge in [-0.3, -0.25) is 0 Å². The van der Waals surface area contributed by atoms with Crippen LogP contribution in [0.2, 0.25) is 0 Å². The molecule has 0 spiro atoms. The van der Waals surface area contributed by atoms with Crippen molar-refractivity contribution < 1.29 is 4.39 Å². The highest BCUT2D eigenvalue weighted by atomic mass is 79.9. The minimum Gasteiger partial charge on any atom is -0.206 e. The third-order valence-electron chi connectivity index (χ3n) is 1.16. The fourth-order valence-electron chi connectivity index (χ4n) is 0.630. The van der Waals surface area contributed by atoms with Gasteiger partial charge in [0.2, 0.25) is 0 Å². The lowest BCUT2D eigenvalue weighted by Crippen LogP contribution is -1.84. The van der Waals surface area contributed by atoms with Crippen molar-refractivity contribution in [2.45, 2.75) is 0 Å². The van der Waals surface area contributed by atoms with Gasteiger partial charge in [0.05, 0.1) is 10.0 Å². The molecule has 0 aliphatic heterocycles. The molecule has 0 heterocycles. The van der Waals surface area contributed by atoms with E-state index in [2.05, 4.69) is 31.9 Å². The molecule has 0 atom stereocenters. The van der Waals surface area contributed by atoms with Gasteiger partial charge in [-0.2, -0.15) is 5.26 Å². The first-order chi connectivity index (χ1) is 5.16. The van der Waals surface area contributed by atoms with E-state index in [1.165, 1.54) is 12.1 Å². The Bertz CT molecular complexity index is 330. The second kappa shape index (κ2) is 3.33. The zero-order chi connectivity index (χ0) is 8.43. The number of nitriles is 1. The minimum absolute atomic E-state index is 0.203. The van der Waals surface area contributed by atoms with Gasteiger partial charge in [-0.1, -0.05) is 0 Å². The molecule has 0 radical (unpaired) electrons. The Morgan fingerprint density at radius 2 is 2.00 bits per heavy atom. The predicted octanol–water partition coefficient (Wildman–Crippen LogP) is 3.22. The number of hydrogen-bond donors (Lipinski definition) is 0. The van der Waals surface area contributed by atoms with E-state index < -0.39 is 5.82 Å². The van der Waals surface area contributed by atoms with Gasteiger partial charge in [-0.05, 0) is 44.0 Å². The standard InChI is InChI=1S/C7H2Br2FN/c8-5-1-2-6(10)7(9)4(5)3-11/h1-2H. The van der Waals surface area contributed by atoms with E-state index in [0.717, 1.165) is 0 Å². The van der Waals surface area contributed by atoms with E-state index in [-0.39, 0.29) is 10.0 Å². The highest BCUT2D eigenvalue weighted by Gasteiger charge is 2.07. The molecule has 0 aliphatic rings. The van der Waals surface area contributed by atoms with Gasteiger partial charge >= 0.3 is 0 Å². The van der Waals surface area contributed by atoms with Gasteiger partial charge in [0.25, 0.3) is 0 Å². The van der Waals surface area contributed by atoms with Crippen LogP contribution < -0.4 is 0 Å². The Balaban J connectivity index is 3.44. The van der Waals surface area contributed by atoms with Gasteiger partial charge < -0.3 is 0 Å². The first kappa shape index (κ1) is 8.69. The fraction of sp³-hybridized carbons (Fsp3) is 0. The van der Waals surface area contributed by atoms with Crippen LogP contribution in [0.15, 0.2) is 21.1 Å². The van der Waals surface area contributed by atoms with E-state index >= 15 is 0 Å². The van der Waals surface area contributed by atoms with Crippen LogP contribution in [0.3, 0.4) is 0 Å². The molecule has 0 unspecified atom stereocenters. The number of benzene rings is 1. The topological polar surface area (TPSA) is 23.8 Å². The van der Waals surface area contributed by atoms with Gasteiger partial charge in [-0.15, -0.1) is 0 Å². The Kier molecular flexibility index (Phi) is 2.63. The Hall–Kier alpha value is -0.400. The maximum Gasteiger partial charge on any atom is 0.138 e. The van der Waals surface area contributed by atoms with E-state index in [9.17, 15) is 4.39 Å². The lowest BCUT2D eigenvalue weighted by Gasteiger charge is -1.98. The summed E-state index contributed by atoms with van der Waals surface area (Å²) in [7, 11) is 0. The monoisotopic (exact) mass is 277 g/mol. The molecule has 1 nitrogen and oxygen atoms in total. The van der Waals surface area contributed by atoms with Crippen LogP contribution in [0.25, 0.3) is 0 Å². The normalized spacial score (nSPS) is 9.27. The molecule has 0 aromatic heterocycles. The summed E-state index contributed by atoms with van der Waals surface area (Å²) in [6.45, 7) is 0. The third kappa shape index (κ3) is 1.60. The molecule has 11 heavy (non-hydrogen) atoms. The zero-order valence-electron chi connectivity index (χ0n) is 5.24. The molecule has 1 aromatic rings. The summed E-state index contributed by atoms with van der Waals surface area (Å²) in [5, 5.41) is 8.55. The number of rotatable bonds is 0. The van der Waals surface area contributed by atoms with Crippen LogP contribution in [0, 0.1) is 17.1 Å². The summed E-state index contributed by atoms with van der Waals surface area (Å²) in [6, 6.07) is 4.66. The SMILES string of the molecule is N#Cc1c(Br)ccc(F)c1Br. The summed E-state index contributed by atoms with van der Waals surface area (Å²) in [5.41, 5.74) is 0.282. The zero-order valence-corrected chi connectivity index (χ0v) is 8.41. The van der Waals surface area contributed by atoms with Gasteiger partial charge in [-0.25, -0.2) is 4.39 Å². The van der Waals surface area contributed by atoms with Gasteiger partial charge in [0.15, 0.2) is 0 Å². The van der Waals surface area contributed by atoms with Crippen molar-refractivity contribution in [3.8, 4) is 6.07 Å². The molecule has 0 saturated heterocycles. The molecule has 0 saturated carbocycles. The average Bonchev–Trinajstić information content (AvgIpc) is 1.99. The van der Waals surface area contributed by atoms with Crippen molar-refractivity contribution in [1.82, 2.24) is 0 Å². The Labute approximate surface area is 80.1 Å². The van der Waals surface area contributed by atoms with Crippen molar-refractivity contribution in [2.24, 2.45) is 0 Å². The summed E-state index contributed by atoms with van der Waals surface area (Å²) >= 11 is 6.09. The van der Waals surface area contributed by atoms with Crippen molar-refractivity contribution >= 4 is 31.9 Å².